The van der Waals surface area contributed by atoms with Crippen LogP contribution in [-0.2, 0) is 23.4 Å². The molecule has 170 valence electrons. The standard InChI is InChI=1S/C25H32N4O2S/c1-7-29-22(15-31-20-12-10-19(11-13-20)25(4,5)6)27-28-24(29)32-16-23(30)26-21-14-17(2)8-9-18(21)3/h8-14H,7,15-16H2,1-6H3,(H,26,30). The van der Waals surface area contributed by atoms with E-state index in [4.69, 9.17) is 4.74 Å². The predicted molar refractivity (Wildman–Crippen MR) is 130 cm³/mol. The van der Waals surface area contributed by atoms with E-state index in [0.717, 1.165) is 28.4 Å². The number of thioether (sulfide) groups is 1. The number of nitrogens with one attached hydrogen (secondary N) is 1. The third-order valence-electron chi connectivity index (χ3n) is 5.20. The molecule has 32 heavy (non-hydrogen) atoms. The molecule has 6 nitrogen and oxygen atoms in total. The van der Waals surface area contributed by atoms with Gasteiger partial charge in [-0.15, -0.1) is 10.2 Å². The Kier molecular flexibility index (Phi) is 7.61. The van der Waals surface area contributed by atoms with E-state index in [9.17, 15) is 4.79 Å². The van der Waals surface area contributed by atoms with E-state index in [1.807, 2.05) is 55.7 Å². The molecule has 1 heterocycles. The summed E-state index contributed by atoms with van der Waals surface area (Å²) < 4.78 is 7.92. The molecule has 0 spiro atoms. The number of ether oxygens (including phenoxy) is 1. The van der Waals surface area contributed by atoms with E-state index >= 15 is 0 Å². The van der Waals surface area contributed by atoms with Gasteiger partial charge in [0.15, 0.2) is 11.0 Å². The number of hydrogen-bond donors (Lipinski definition) is 1. The van der Waals surface area contributed by atoms with E-state index in [1.165, 1.54) is 17.3 Å². The summed E-state index contributed by atoms with van der Waals surface area (Å²) in [6.07, 6.45) is 0. The zero-order valence-electron chi connectivity index (χ0n) is 19.7. The van der Waals surface area contributed by atoms with Gasteiger partial charge in [-0.3, -0.25) is 4.79 Å². The number of carbonyl (C=O) groups excluding carboxylic acids is 1. The molecule has 0 aliphatic carbocycles. The molecule has 0 fully saturated rings. The molecule has 0 saturated heterocycles. The highest BCUT2D eigenvalue weighted by molar-refractivity contribution is 7.99. The van der Waals surface area contributed by atoms with Gasteiger partial charge in [0.1, 0.15) is 12.4 Å². The van der Waals surface area contributed by atoms with Gasteiger partial charge in [-0.05, 0) is 61.1 Å². The topological polar surface area (TPSA) is 69.0 Å². The molecule has 0 aliphatic heterocycles. The van der Waals surface area contributed by atoms with Gasteiger partial charge in [-0.25, -0.2) is 0 Å². The van der Waals surface area contributed by atoms with Crippen LogP contribution in [0.1, 0.15) is 50.2 Å². The summed E-state index contributed by atoms with van der Waals surface area (Å²) in [4.78, 5) is 12.5. The molecule has 2 aromatic carbocycles. The number of aryl methyl sites for hydroxylation is 2. The second kappa shape index (κ2) is 10.2. The van der Waals surface area contributed by atoms with Crippen LogP contribution in [0.4, 0.5) is 5.69 Å². The summed E-state index contributed by atoms with van der Waals surface area (Å²) >= 11 is 1.38. The van der Waals surface area contributed by atoms with Crippen molar-refractivity contribution in [2.24, 2.45) is 0 Å². The minimum Gasteiger partial charge on any atom is -0.486 e. The van der Waals surface area contributed by atoms with Crippen molar-refractivity contribution in [1.29, 1.82) is 0 Å². The van der Waals surface area contributed by atoms with Crippen molar-refractivity contribution in [3.8, 4) is 5.75 Å². The molecule has 3 aromatic rings. The molecule has 0 saturated carbocycles. The van der Waals surface area contributed by atoms with Crippen molar-refractivity contribution in [2.75, 3.05) is 11.1 Å². The van der Waals surface area contributed by atoms with Gasteiger partial charge < -0.3 is 14.6 Å². The van der Waals surface area contributed by atoms with Crippen molar-refractivity contribution in [2.45, 2.75) is 65.3 Å². The molecule has 7 heteroatoms. The zero-order chi connectivity index (χ0) is 23.3. The van der Waals surface area contributed by atoms with Gasteiger partial charge in [-0.2, -0.15) is 0 Å². The Hall–Kier alpha value is -2.80. The fraction of sp³-hybridized carbons (Fsp3) is 0.400. The molecular formula is C25H32N4O2S. The number of benzene rings is 2. The summed E-state index contributed by atoms with van der Waals surface area (Å²) in [6.45, 7) is 13.6. The van der Waals surface area contributed by atoms with E-state index < -0.39 is 0 Å². The highest BCUT2D eigenvalue weighted by Gasteiger charge is 2.15. The van der Waals surface area contributed by atoms with Crippen molar-refractivity contribution in [1.82, 2.24) is 14.8 Å². The number of anilines is 1. The molecule has 1 amide bonds. The maximum atomic E-state index is 12.5. The maximum absolute atomic E-state index is 12.5. The molecule has 0 radical (unpaired) electrons. The molecule has 0 atom stereocenters. The van der Waals surface area contributed by atoms with Crippen LogP contribution < -0.4 is 10.1 Å². The van der Waals surface area contributed by atoms with Crippen LogP contribution in [0.25, 0.3) is 0 Å². The van der Waals surface area contributed by atoms with Gasteiger partial charge in [0.2, 0.25) is 5.91 Å². The Morgan fingerprint density at radius 1 is 1.09 bits per heavy atom. The number of amides is 1. The van der Waals surface area contributed by atoms with Crippen molar-refractivity contribution < 1.29 is 9.53 Å². The number of hydrogen-bond acceptors (Lipinski definition) is 5. The highest BCUT2D eigenvalue weighted by Crippen LogP contribution is 2.25. The summed E-state index contributed by atoms with van der Waals surface area (Å²) in [5.74, 6) is 1.74. The molecule has 1 aromatic heterocycles. The maximum Gasteiger partial charge on any atom is 0.234 e. The third kappa shape index (κ3) is 6.13. The normalized spacial score (nSPS) is 11.4. The lowest BCUT2D eigenvalue weighted by atomic mass is 9.87. The van der Waals surface area contributed by atoms with Crippen LogP contribution in [-0.4, -0.2) is 26.4 Å². The smallest absolute Gasteiger partial charge is 0.234 e. The van der Waals surface area contributed by atoms with Crippen molar-refractivity contribution in [3.05, 3.63) is 65.0 Å². The Morgan fingerprint density at radius 3 is 2.47 bits per heavy atom. The largest absolute Gasteiger partial charge is 0.486 e. The van der Waals surface area contributed by atoms with Gasteiger partial charge in [0.25, 0.3) is 0 Å². The van der Waals surface area contributed by atoms with Crippen LogP contribution in [0.3, 0.4) is 0 Å². The summed E-state index contributed by atoms with van der Waals surface area (Å²) in [6, 6.07) is 14.2. The van der Waals surface area contributed by atoms with E-state index in [-0.39, 0.29) is 17.1 Å². The zero-order valence-corrected chi connectivity index (χ0v) is 20.5. The Bertz CT molecular complexity index is 1070. The Labute approximate surface area is 194 Å². The van der Waals surface area contributed by atoms with Crippen LogP contribution in [0.2, 0.25) is 0 Å². The van der Waals surface area contributed by atoms with Gasteiger partial charge in [-0.1, -0.05) is 56.8 Å². The molecule has 1 N–H and O–H groups in total. The van der Waals surface area contributed by atoms with Gasteiger partial charge >= 0.3 is 0 Å². The third-order valence-corrected chi connectivity index (χ3v) is 6.16. The highest BCUT2D eigenvalue weighted by atomic mass is 32.2. The lowest BCUT2D eigenvalue weighted by molar-refractivity contribution is -0.113. The van der Waals surface area contributed by atoms with Crippen molar-refractivity contribution >= 4 is 23.4 Å². The summed E-state index contributed by atoms with van der Waals surface area (Å²) in [5.41, 5.74) is 4.37. The first-order valence-electron chi connectivity index (χ1n) is 10.8. The minimum atomic E-state index is -0.0638. The first-order chi connectivity index (χ1) is 15.2. The number of aromatic nitrogens is 3. The van der Waals surface area contributed by atoms with Crippen LogP contribution >= 0.6 is 11.8 Å². The number of nitrogens with zero attached hydrogens (tertiary/aromatic N) is 3. The first-order valence-corrected chi connectivity index (χ1v) is 11.8. The quantitative estimate of drug-likeness (QED) is 0.456. The fourth-order valence-corrected chi connectivity index (χ4v) is 4.06. The first kappa shape index (κ1) is 23.9. The monoisotopic (exact) mass is 452 g/mol. The minimum absolute atomic E-state index is 0.0638. The lowest BCUT2D eigenvalue weighted by Crippen LogP contribution is -2.15. The predicted octanol–water partition coefficient (Wildman–Crippen LogP) is 5.52. The van der Waals surface area contributed by atoms with Crippen LogP contribution in [0.5, 0.6) is 5.75 Å². The number of rotatable bonds is 8. The average Bonchev–Trinajstić information content (AvgIpc) is 3.15. The fourth-order valence-electron chi connectivity index (χ4n) is 3.24. The molecule has 3 rings (SSSR count). The summed E-state index contributed by atoms with van der Waals surface area (Å²) in [7, 11) is 0. The van der Waals surface area contributed by atoms with E-state index in [1.54, 1.807) is 0 Å². The van der Waals surface area contributed by atoms with Crippen LogP contribution in [0, 0.1) is 13.8 Å². The number of carbonyl (C=O) groups is 1. The molecular weight excluding hydrogens is 420 g/mol. The molecule has 0 bridgehead atoms. The second-order valence-electron chi connectivity index (χ2n) is 8.86. The van der Waals surface area contributed by atoms with Crippen molar-refractivity contribution in [3.63, 3.8) is 0 Å². The van der Waals surface area contributed by atoms with E-state index in [0.29, 0.717) is 18.3 Å². The average molecular weight is 453 g/mol. The second-order valence-corrected chi connectivity index (χ2v) is 9.80. The van der Waals surface area contributed by atoms with E-state index in [2.05, 4.69) is 48.4 Å². The Balaban J connectivity index is 1.58. The van der Waals surface area contributed by atoms with Gasteiger partial charge in [0, 0.05) is 12.2 Å². The Morgan fingerprint density at radius 2 is 1.81 bits per heavy atom. The van der Waals surface area contributed by atoms with Gasteiger partial charge in [0.05, 0.1) is 5.75 Å². The molecule has 0 aliphatic rings. The molecule has 0 unspecified atom stereocenters. The SMILES string of the molecule is CCn1c(COc2ccc(C(C)(C)C)cc2)nnc1SCC(=O)Nc1cc(C)ccc1C. The summed E-state index contributed by atoms with van der Waals surface area (Å²) in [5, 5.41) is 12.3. The van der Waals surface area contributed by atoms with Crippen LogP contribution in [0.15, 0.2) is 47.6 Å². The lowest BCUT2D eigenvalue weighted by Gasteiger charge is -2.19.